The van der Waals surface area contributed by atoms with Gasteiger partial charge in [0, 0.05) is 26.7 Å². The first-order valence-electron chi connectivity index (χ1n) is 8.58. The molecule has 5 heteroatoms. The van der Waals surface area contributed by atoms with Crippen molar-refractivity contribution in [2.75, 3.05) is 0 Å². The van der Waals surface area contributed by atoms with E-state index in [0.29, 0.717) is 16.7 Å². The van der Waals surface area contributed by atoms with E-state index < -0.39 is 0 Å². The number of nitriles is 4. The molecule has 0 fully saturated rings. The quantitative estimate of drug-likeness (QED) is 0.391. The van der Waals surface area contributed by atoms with Crippen molar-refractivity contribution >= 4 is 17.3 Å². The molecule has 136 valence electrons. The molecule has 0 saturated carbocycles. The first kappa shape index (κ1) is 20.8. The average molecular weight is 382 g/mol. The van der Waals surface area contributed by atoms with Gasteiger partial charge in [0.25, 0.3) is 0 Å². The summed E-state index contributed by atoms with van der Waals surface area (Å²) in [6.07, 6.45) is 7.30. The summed E-state index contributed by atoms with van der Waals surface area (Å²) in [5, 5.41) is 38.0. The van der Waals surface area contributed by atoms with Crippen LogP contribution in [0.1, 0.15) is 26.3 Å². The standard InChI is InChI=1S/C23H18N4S/c1-23(2,3)28-20-10-8-17(9-11-20)22(19(14-26)15-27)21(18(12-24)13-25)16-6-4-5-7-16/h4-11,16H,1-3H3. The Hall–Kier alpha value is -3.51. The Morgan fingerprint density at radius 3 is 1.75 bits per heavy atom. The molecular weight excluding hydrogens is 364 g/mol. The highest BCUT2D eigenvalue weighted by atomic mass is 32.2. The third-order valence-corrected chi connectivity index (χ3v) is 5.00. The number of rotatable bonds is 4. The largest absolute Gasteiger partial charge is 0.192 e. The van der Waals surface area contributed by atoms with Gasteiger partial charge in [-0.05, 0) is 17.7 Å². The molecule has 0 aromatic heterocycles. The van der Waals surface area contributed by atoms with Crippen molar-refractivity contribution in [2.45, 2.75) is 30.4 Å². The summed E-state index contributed by atoms with van der Waals surface area (Å²) in [6.45, 7) is 6.35. The minimum atomic E-state index is -0.343. The fourth-order valence-corrected chi connectivity index (χ4v) is 3.82. The third kappa shape index (κ3) is 4.81. The molecular formula is C23H18N4S. The van der Waals surface area contributed by atoms with Gasteiger partial charge in [-0.3, -0.25) is 0 Å². The second-order valence-corrected chi connectivity index (χ2v) is 8.92. The van der Waals surface area contributed by atoms with Gasteiger partial charge in [0.05, 0.1) is 0 Å². The summed E-state index contributed by atoms with van der Waals surface area (Å²) in [5.74, 6) is -0.343. The van der Waals surface area contributed by atoms with E-state index in [1.807, 2.05) is 72.8 Å². The second kappa shape index (κ2) is 8.92. The maximum absolute atomic E-state index is 9.53. The maximum Gasteiger partial charge on any atom is 0.137 e. The van der Waals surface area contributed by atoms with Crippen molar-refractivity contribution in [3.8, 4) is 24.3 Å². The molecule has 1 aromatic rings. The normalized spacial score (nSPS) is 12.4. The highest BCUT2D eigenvalue weighted by Crippen LogP contribution is 2.38. The lowest BCUT2D eigenvalue weighted by Gasteiger charge is -2.19. The van der Waals surface area contributed by atoms with Gasteiger partial charge in [0.2, 0.25) is 0 Å². The van der Waals surface area contributed by atoms with Gasteiger partial charge in [0.15, 0.2) is 0 Å². The number of benzene rings is 1. The number of hydrogen-bond donors (Lipinski definition) is 0. The zero-order valence-electron chi connectivity index (χ0n) is 15.9. The van der Waals surface area contributed by atoms with E-state index in [4.69, 9.17) is 0 Å². The van der Waals surface area contributed by atoms with Gasteiger partial charge in [0.1, 0.15) is 35.4 Å². The monoisotopic (exact) mass is 382 g/mol. The van der Waals surface area contributed by atoms with Gasteiger partial charge >= 0.3 is 0 Å². The Bertz CT molecular complexity index is 1010. The summed E-state index contributed by atoms with van der Waals surface area (Å²) in [6, 6.07) is 15.2. The van der Waals surface area contributed by atoms with Crippen LogP contribution >= 0.6 is 11.8 Å². The van der Waals surface area contributed by atoms with E-state index >= 15 is 0 Å². The molecule has 1 aromatic carbocycles. The maximum atomic E-state index is 9.53. The van der Waals surface area contributed by atoms with E-state index in [0.717, 1.165) is 4.90 Å². The summed E-state index contributed by atoms with van der Waals surface area (Å²) in [5.41, 5.74) is 1.11. The number of allylic oxidation sites excluding steroid dienone is 8. The highest BCUT2D eigenvalue weighted by molar-refractivity contribution is 8.00. The number of hydrogen-bond acceptors (Lipinski definition) is 5. The first-order chi connectivity index (χ1) is 13.3. The van der Waals surface area contributed by atoms with Crippen molar-refractivity contribution in [3.63, 3.8) is 0 Å². The average Bonchev–Trinajstić information content (AvgIpc) is 3.18. The molecule has 0 atom stereocenters. The lowest BCUT2D eigenvalue weighted by atomic mass is 9.83. The van der Waals surface area contributed by atoms with Crippen LogP contribution in [0.25, 0.3) is 5.57 Å². The van der Waals surface area contributed by atoms with E-state index in [2.05, 4.69) is 20.8 Å². The highest BCUT2D eigenvalue weighted by Gasteiger charge is 2.25. The van der Waals surface area contributed by atoms with Gasteiger partial charge in [-0.25, -0.2) is 0 Å². The first-order valence-corrected chi connectivity index (χ1v) is 9.40. The van der Waals surface area contributed by atoms with Crippen LogP contribution in [-0.2, 0) is 0 Å². The van der Waals surface area contributed by atoms with Gasteiger partial charge in [-0.2, -0.15) is 21.0 Å². The Balaban J connectivity index is 2.71. The molecule has 4 nitrogen and oxygen atoms in total. The van der Waals surface area contributed by atoms with Gasteiger partial charge in [-0.1, -0.05) is 57.2 Å². The number of nitrogens with zero attached hydrogens (tertiary/aromatic N) is 4. The fourth-order valence-electron chi connectivity index (χ4n) is 2.84. The smallest absolute Gasteiger partial charge is 0.137 e. The molecule has 0 aliphatic heterocycles. The summed E-state index contributed by atoms with van der Waals surface area (Å²) in [4.78, 5) is 1.05. The van der Waals surface area contributed by atoms with Crippen molar-refractivity contribution < 1.29 is 0 Å². The summed E-state index contributed by atoms with van der Waals surface area (Å²) < 4.78 is 0.0456. The molecule has 2 rings (SSSR count). The topological polar surface area (TPSA) is 95.2 Å². The molecule has 0 unspecified atom stereocenters. The minimum absolute atomic E-state index is 0.0456. The van der Waals surface area contributed by atoms with Gasteiger partial charge in [-0.15, -0.1) is 11.8 Å². The second-order valence-electron chi connectivity index (χ2n) is 7.02. The van der Waals surface area contributed by atoms with Crippen LogP contribution in [0.3, 0.4) is 0 Å². The molecule has 0 spiro atoms. The molecule has 1 aliphatic rings. The van der Waals surface area contributed by atoms with Crippen molar-refractivity contribution in [1.82, 2.24) is 0 Å². The van der Waals surface area contributed by atoms with E-state index in [1.54, 1.807) is 11.8 Å². The van der Waals surface area contributed by atoms with Crippen LogP contribution in [0.15, 0.2) is 70.2 Å². The minimum Gasteiger partial charge on any atom is -0.192 e. The molecule has 28 heavy (non-hydrogen) atoms. The Morgan fingerprint density at radius 1 is 0.821 bits per heavy atom. The zero-order valence-corrected chi connectivity index (χ0v) is 16.7. The Morgan fingerprint density at radius 2 is 1.32 bits per heavy atom. The van der Waals surface area contributed by atoms with Crippen molar-refractivity contribution in [3.05, 3.63) is 70.9 Å². The van der Waals surface area contributed by atoms with Crippen molar-refractivity contribution in [2.24, 2.45) is 5.92 Å². The SMILES string of the molecule is CC(C)(C)Sc1ccc(C(=C(C#N)C#N)C(=C(C#N)C#N)C2C=CC=C2)cc1. The van der Waals surface area contributed by atoms with Gasteiger partial charge < -0.3 is 0 Å². The van der Waals surface area contributed by atoms with Crippen LogP contribution < -0.4 is 0 Å². The Labute approximate surface area is 170 Å². The van der Waals surface area contributed by atoms with E-state index in [1.165, 1.54) is 0 Å². The van der Waals surface area contributed by atoms with Crippen LogP contribution in [0.2, 0.25) is 0 Å². The van der Waals surface area contributed by atoms with E-state index in [-0.39, 0.29) is 21.8 Å². The molecule has 0 saturated heterocycles. The van der Waals surface area contributed by atoms with E-state index in [9.17, 15) is 21.0 Å². The fraction of sp³-hybridized carbons (Fsp3) is 0.217. The predicted molar refractivity (Wildman–Crippen MR) is 110 cm³/mol. The molecule has 0 bridgehead atoms. The van der Waals surface area contributed by atoms with Crippen LogP contribution in [0.5, 0.6) is 0 Å². The van der Waals surface area contributed by atoms with Crippen LogP contribution in [0, 0.1) is 51.2 Å². The lowest BCUT2D eigenvalue weighted by Crippen LogP contribution is -2.07. The van der Waals surface area contributed by atoms with Crippen LogP contribution in [0.4, 0.5) is 0 Å². The molecule has 0 amide bonds. The zero-order chi connectivity index (χ0) is 20.7. The van der Waals surface area contributed by atoms with Crippen molar-refractivity contribution in [1.29, 1.82) is 21.0 Å². The number of thioether (sulfide) groups is 1. The third-order valence-electron chi connectivity index (χ3n) is 3.88. The predicted octanol–water partition coefficient (Wildman–Crippen LogP) is 5.46. The molecule has 0 N–H and O–H groups in total. The summed E-state index contributed by atoms with van der Waals surface area (Å²) in [7, 11) is 0. The molecule has 0 heterocycles. The molecule has 0 radical (unpaired) electrons. The Kier molecular flexibility index (Phi) is 6.63. The van der Waals surface area contributed by atoms with Crippen LogP contribution in [-0.4, -0.2) is 4.75 Å². The molecule has 1 aliphatic carbocycles. The summed E-state index contributed by atoms with van der Waals surface area (Å²) >= 11 is 1.70. The lowest BCUT2D eigenvalue weighted by molar-refractivity contribution is 0.803.